The second-order valence-electron chi connectivity index (χ2n) is 4.71. The molecule has 3 N–H and O–H groups in total. The lowest BCUT2D eigenvalue weighted by molar-refractivity contribution is 0.0412. The van der Waals surface area contributed by atoms with Gasteiger partial charge >= 0.3 is 0 Å². The smallest absolute Gasteiger partial charge is 0.123 e. The molecule has 1 aliphatic rings. The summed E-state index contributed by atoms with van der Waals surface area (Å²) in [5, 5.41) is 10.1. The molecule has 0 aliphatic heterocycles. The van der Waals surface area contributed by atoms with Gasteiger partial charge in [0.15, 0.2) is 0 Å². The first-order valence-electron chi connectivity index (χ1n) is 5.79. The molecule has 0 spiro atoms. The molecule has 2 nitrogen and oxygen atoms in total. The highest BCUT2D eigenvalue weighted by atomic mass is 35.5. The van der Waals surface area contributed by atoms with E-state index in [1.54, 1.807) is 6.07 Å². The zero-order valence-electron chi connectivity index (χ0n) is 9.90. The minimum absolute atomic E-state index is 0. The van der Waals surface area contributed by atoms with Gasteiger partial charge in [-0.05, 0) is 48.9 Å². The lowest BCUT2D eigenvalue weighted by atomic mass is 9.77. The Kier molecular flexibility index (Phi) is 4.92. The van der Waals surface area contributed by atoms with Crippen LogP contribution >= 0.6 is 12.4 Å². The minimum atomic E-state index is -0.502. The third kappa shape index (κ3) is 2.97. The summed E-state index contributed by atoms with van der Waals surface area (Å²) < 4.78 is 12.9. The Morgan fingerprint density at radius 1 is 1.41 bits per heavy atom. The van der Waals surface area contributed by atoms with Crippen LogP contribution in [-0.4, -0.2) is 11.2 Å². The summed E-state index contributed by atoms with van der Waals surface area (Å²) in [4.78, 5) is 0. The van der Waals surface area contributed by atoms with E-state index in [-0.39, 0.29) is 18.2 Å². The van der Waals surface area contributed by atoms with E-state index in [4.69, 9.17) is 5.73 Å². The number of nitrogens with two attached hydrogens (primary N) is 1. The maximum Gasteiger partial charge on any atom is 0.123 e. The highest BCUT2D eigenvalue weighted by molar-refractivity contribution is 5.85. The van der Waals surface area contributed by atoms with E-state index >= 15 is 0 Å². The molecule has 0 amide bonds. The van der Waals surface area contributed by atoms with Crippen molar-refractivity contribution in [1.29, 1.82) is 0 Å². The molecule has 96 valence electrons. The summed E-state index contributed by atoms with van der Waals surface area (Å²) in [7, 11) is 0. The van der Waals surface area contributed by atoms with Crippen molar-refractivity contribution in [2.75, 3.05) is 0 Å². The molecule has 17 heavy (non-hydrogen) atoms. The third-order valence-corrected chi connectivity index (χ3v) is 3.59. The Hall–Kier alpha value is -0.640. The molecule has 2 rings (SSSR count). The fourth-order valence-electron chi connectivity index (χ4n) is 2.27. The van der Waals surface area contributed by atoms with Crippen LogP contribution < -0.4 is 5.73 Å². The zero-order chi connectivity index (χ0) is 11.7. The molecule has 1 fully saturated rings. The first-order chi connectivity index (χ1) is 7.59. The van der Waals surface area contributed by atoms with Crippen molar-refractivity contribution in [3.63, 3.8) is 0 Å². The second-order valence-corrected chi connectivity index (χ2v) is 4.71. The van der Waals surface area contributed by atoms with Gasteiger partial charge in [0.1, 0.15) is 5.82 Å². The van der Waals surface area contributed by atoms with Crippen molar-refractivity contribution in [2.24, 2.45) is 11.7 Å². The molecule has 0 aromatic heterocycles. The summed E-state index contributed by atoms with van der Waals surface area (Å²) in [6.45, 7) is 1.83. The van der Waals surface area contributed by atoms with E-state index in [1.807, 2.05) is 6.92 Å². The van der Waals surface area contributed by atoms with Gasteiger partial charge in [-0.2, -0.15) is 0 Å². The number of aliphatic hydroxyl groups excluding tert-OH is 1. The summed E-state index contributed by atoms with van der Waals surface area (Å²) in [5.74, 6) is 0.0611. The van der Waals surface area contributed by atoms with E-state index < -0.39 is 12.1 Å². The van der Waals surface area contributed by atoms with Crippen molar-refractivity contribution >= 4 is 12.4 Å². The first-order valence-corrected chi connectivity index (χ1v) is 5.79. The van der Waals surface area contributed by atoms with E-state index in [0.717, 1.165) is 24.0 Å². The maximum absolute atomic E-state index is 12.9. The van der Waals surface area contributed by atoms with Crippen LogP contribution in [0.2, 0.25) is 0 Å². The summed E-state index contributed by atoms with van der Waals surface area (Å²) in [5.41, 5.74) is 7.69. The summed E-state index contributed by atoms with van der Waals surface area (Å²) in [6.07, 6.45) is 2.78. The van der Waals surface area contributed by atoms with Crippen LogP contribution in [0.1, 0.15) is 36.4 Å². The number of rotatable bonds is 3. The SMILES string of the molecule is Cc1cc(F)ccc1[C@H](N)[C@H](O)C1CCC1.Cl. The summed E-state index contributed by atoms with van der Waals surface area (Å²) >= 11 is 0. The van der Waals surface area contributed by atoms with Crippen molar-refractivity contribution in [1.82, 2.24) is 0 Å². The molecule has 1 saturated carbocycles. The van der Waals surface area contributed by atoms with E-state index in [1.165, 1.54) is 18.6 Å². The van der Waals surface area contributed by atoms with Gasteiger partial charge in [0.2, 0.25) is 0 Å². The molecule has 1 aliphatic carbocycles. The monoisotopic (exact) mass is 259 g/mol. The molecule has 0 radical (unpaired) electrons. The molecule has 0 heterocycles. The topological polar surface area (TPSA) is 46.2 Å². The summed E-state index contributed by atoms with van der Waals surface area (Å²) in [6, 6.07) is 4.14. The zero-order valence-corrected chi connectivity index (χ0v) is 10.7. The van der Waals surface area contributed by atoms with Gasteiger partial charge in [0, 0.05) is 0 Å². The quantitative estimate of drug-likeness (QED) is 0.877. The number of halogens is 2. The van der Waals surface area contributed by atoms with Gasteiger partial charge in [0.05, 0.1) is 12.1 Å². The fourth-order valence-corrected chi connectivity index (χ4v) is 2.27. The van der Waals surface area contributed by atoms with Gasteiger partial charge in [-0.25, -0.2) is 4.39 Å². The van der Waals surface area contributed by atoms with Crippen LogP contribution in [0.5, 0.6) is 0 Å². The molecule has 0 saturated heterocycles. The Morgan fingerprint density at radius 2 is 2.06 bits per heavy atom. The minimum Gasteiger partial charge on any atom is -0.391 e. The third-order valence-electron chi connectivity index (χ3n) is 3.59. The Balaban J connectivity index is 0.00000144. The largest absolute Gasteiger partial charge is 0.391 e. The Bertz CT molecular complexity index is 382. The average molecular weight is 260 g/mol. The molecule has 1 aromatic carbocycles. The number of hydrogen-bond acceptors (Lipinski definition) is 2. The van der Waals surface area contributed by atoms with E-state index in [0.29, 0.717) is 5.92 Å². The standard InChI is InChI=1S/C13H18FNO.ClH/c1-8-7-10(14)5-6-11(8)12(15)13(16)9-3-2-4-9;/h5-7,9,12-13,16H,2-4,15H2,1H3;1H/t12-,13+;/m0./s1. The molecular weight excluding hydrogens is 241 g/mol. The molecule has 4 heteroatoms. The van der Waals surface area contributed by atoms with E-state index in [2.05, 4.69) is 0 Å². The number of aliphatic hydroxyl groups is 1. The van der Waals surface area contributed by atoms with Crippen LogP contribution in [0.4, 0.5) is 4.39 Å². The first kappa shape index (κ1) is 14.4. The number of benzene rings is 1. The Labute approximate surface area is 107 Å². The maximum atomic E-state index is 12.9. The molecular formula is C13H19ClFNO. The molecule has 1 aromatic rings. The van der Waals surface area contributed by atoms with Crippen molar-refractivity contribution < 1.29 is 9.50 Å². The highest BCUT2D eigenvalue weighted by Gasteiger charge is 2.31. The molecule has 0 unspecified atom stereocenters. The predicted octanol–water partition coefficient (Wildman–Crippen LogP) is 2.72. The second kappa shape index (κ2) is 5.80. The highest BCUT2D eigenvalue weighted by Crippen LogP contribution is 2.34. The van der Waals surface area contributed by atoms with Gasteiger partial charge in [-0.15, -0.1) is 12.4 Å². The van der Waals surface area contributed by atoms with Gasteiger partial charge < -0.3 is 10.8 Å². The van der Waals surface area contributed by atoms with Gasteiger partial charge in [-0.1, -0.05) is 12.5 Å². The normalized spacial score (nSPS) is 19.1. The molecule has 2 atom stereocenters. The van der Waals surface area contributed by atoms with Crippen LogP contribution in [0.15, 0.2) is 18.2 Å². The van der Waals surface area contributed by atoms with Crippen LogP contribution in [-0.2, 0) is 0 Å². The average Bonchev–Trinajstić information content (AvgIpc) is 2.14. The van der Waals surface area contributed by atoms with Gasteiger partial charge in [-0.3, -0.25) is 0 Å². The fraction of sp³-hybridized carbons (Fsp3) is 0.538. The lowest BCUT2D eigenvalue weighted by Gasteiger charge is -2.34. The van der Waals surface area contributed by atoms with Crippen molar-refractivity contribution in [3.8, 4) is 0 Å². The van der Waals surface area contributed by atoms with Crippen LogP contribution in [0, 0.1) is 18.7 Å². The van der Waals surface area contributed by atoms with Crippen molar-refractivity contribution in [3.05, 3.63) is 35.1 Å². The van der Waals surface area contributed by atoms with Crippen molar-refractivity contribution in [2.45, 2.75) is 38.3 Å². The Morgan fingerprint density at radius 3 is 2.53 bits per heavy atom. The molecule has 0 bridgehead atoms. The van der Waals surface area contributed by atoms with Gasteiger partial charge in [0.25, 0.3) is 0 Å². The van der Waals surface area contributed by atoms with E-state index in [9.17, 15) is 9.50 Å². The van der Waals surface area contributed by atoms with Crippen LogP contribution in [0.3, 0.4) is 0 Å². The lowest BCUT2D eigenvalue weighted by Crippen LogP contribution is -2.36. The van der Waals surface area contributed by atoms with Crippen LogP contribution in [0.25, 0.3) is 0 Å². The number of aryl methyl sites for hydroxylation is 1. The number of hydrogen-bond donors (Lipinski definition) is 2. The predicted molar refractivity (Wildman–Crippen MR) is 68.7 cm³/mol.